The molecule has 0 N–H and O–H groups in total. The van der Waals surface area contributed by atoms with Crippen LogP contribution in [0, 0.1) is 0 Å². The maximum atomic E-state index is 4.66. The summed E-state index contributed by atoms with van der Waals surface area (Å²) in [6.07, 6.45) is 11.9. The monoisotopic (exact) mass is 325 g/mol. The van der Waals surface area contributed by atoms with Gasteiger partial charge in [-0.2, -0.15) is 0 Å². The molecule has 118 valence electrons. The zero-order chi connectivity index (χ0) is 15.5. The van der Waals surface area contributed by atoms with E-state index >= 15 is 0 Å². The summed E-state index contributed by atoms with van der Waals surface area (Å²) < 4.78 is 2.27. The van der Waals surface area contributed by atoms with Crippen molar-refractivity contribution in [3.63, 3.8) is 0 Å². The SMILES string of the molecule is c1cc(Cn2ccnc2[C@@H]2CCCN(c3nccs3)C2)ccn1. The summed E-state index contributed by atoms with van der Waals surface area (Å²) in [4.78, 5) is 15.6. The zero-order valence-corrected chi connectivity index (χ0v) is 13.7. The van der Waals surface area contributed by atoms with Gasteiger partial charge in [0.2, 0.25) is 0 Å². The van der Waals surface area contributed by atoms with Crippen LogP contribution in [0.1, 0.15) is 30.1 Å². The Bertz CT molecular complexity index is 737. The van der Waals surface area contributed by atoms with Gasteiger partial charge in [-0.15, -0.1) is 11.3 Å². The molecule has 0 spiro atoms. The van der Waals surface area contributed by atoms with E-state index in [1.54, 1.807) is 11.3 Å². The van der Waals surface area contributed by atoms with E-state index in [4.69, 9.17) is 0 Å². The van der Waals surface area contributed by atoms with Crippen LogP contribution in [0.4, 0.5) is 5.13 Å². The lowest BCUT2D eigenvalue weighted by Gasteiger charge is -2.32. The minimum absolute atomic E-state index is 0.462. The van der Waals surface area contributed by atoms with Crippen molar-refractivity contribution in [2.75, 3.05) is 18.0 Å². The molecular formula is C17H19N5S. The number of hydrogen-bond acceptors (Lipinski definition) is 5. The molecule has 0 saturated carbocycles. The van der Waals surface area contributed by atoms with Crippen LogP contribution in [-0.4, -0.2) is 32.6 Å². The van der Waals surface area contributed by atoms with Crippen molar-refractivity contribution in [3.8, 4) is 0 Å². The second kappa shape index (κ2) is 6.50. The molecule has 23 heavy (non-hydrogen) atoms. The van der Waals surface area contributed by atoms with E-state index in [2.05, 4.69) is 42.7 Å². The molecule has 0 aromatic carbocycles. The van der Waals surface area contributed by atoms with E-state index in [0.29, 0.717) is 5.92 Å². The van der Waals surface area contributed by atoms with Gasteiger partial charge in [-0.25, -0.2) is 9.97 Å². The zero-order valence-electron chi connectivity index (χ0n) is 12.9. The third kappa shape index (κ3) is 3.12. The van der Waals surface area contributed by atoms with Crippen LogP contribution in [0.3, 0.4) is 0 Å². The smallest absolute Gasteiger partial charge is 0.185 e. The standard InChI is InChI=1S/C17H19N5S/c1-2-15(13-22(9-1)17-20-8-11-23-17)16-19-7-10-21(16)12-14-3-5-18-6-4-14/h3-8,10-11,15H,1-2,9,12-13H2/t15-/m1/s1. The van der Waals surface area contributed by atoms with Crippen LogP contribution in [0.2, 0.25) is 0 Å². The van der Waals surface area contributed by atoms with Crippen molar-refractivity contribution in [3.05, 3.63) is 59.9 Å². The van der Waals surface area contributed by atoms with E-state index in [0.717, 1.165) is 24.8 Å². The molecule has 6 heteroatoms. The second-order valence-corrected chi connectivity index (χ2v) is 6.74. The molecule has 3 aromatic heterocycles. The summed E-state index contributed by atoms with van der Waals surface area (Å²) in [5.74, 6) is 1.65. The van der Waals surface area contributed by atoms with E-state index in [1.807, 2.05) is 30.2 Å². The molecule has 0 aliphatic carbocycles. The van der Waals surface area contributed by atoms with Crippen LogP contribution in [0.5, 0.6) is 0 Å². The number of piperidine rings is 1. The summed E-state index contributed by atoms with van der Waals surface area (Å²) in [6, 6.07) is 4.12. The molecule has 1 atom stereocenters. The largest absolute Gasteiger partial charge is 0.347 e. The molecule has 1 aliphatic rings. The Morgan fingerprint density at radius 1 is 1.13 bits per heavy atom. The number of thiazole rings is 1. The first-order valence-corrected chi connectivity index (χ1v) is 8.82. The highest BCUT2D eigenvalue weighted by molar-refractivity contribution is 7.13. The minimum atomic E-state index is 0.462. The van der Waals surface area contributed by atoms with Crippen LogP contribution >= 0.6 is 11.3 Å². The lowest BCUT2D eigenvalue weighted by atomic mass is 9.97. The van der Waals surface area contributed by atoms with E-state index < -0.39 is 0 Å². The van der Waals surface area contributed by atoms with Crippen molar-refractivity contribution < 1.29 is 0 Å². The maximum absolute atomic E-state index is 4.66. The Labute approximate surface area is 139 Å². The van der Waals surface area contributed by atoms with Gasteiger partial charge in [-0.1, -0.05) is 0 Å². The molecule has 4 heterocycles. The van der Waals surface area contributed by atoms with Gasteiger partial charge >= 0.3 is 0 Å². The van der Waals surface area contributed by atoms with Crippen LogP contribution in [0.25, 0.3) is 0 Å². The lowest BCUT2D eigenvalue weighted by Crippen LogP contribution is -2.35. The number of aromatic nitrogens is 4. The Kier molecular flexibility index (Phi) is 4.06. The predicted molar refractivity (Wildman–Crippen MR) is 91.9 cm³/mol. The first-order valence-electron chi connectivity index (χ1n) is 7.94. The van der Waals surface area contributed by atoms with Crippen molar-refractivity contribution in [2.45, 2.75) is 25.3 Å². The molecule has 0 bridgehead atoms. The van der Waals surface area contributed by atoms with Gasteiger partial charge < -0.3 is 9.47 Å². The highest BCUT2D eigenvalue weighted by Crippen LogP contribution is 2.30. The summed E-state index contributed by atoms with van der Waals surface area (Å²) in [5, 5.41) is 3.17. The highest BCUT2D eigenvalue weighted by Gasteiger charge is 2.25. The number of imidazole rings is 1. The highest BCUT2D eigenvalue weighted by atomic mass is 32.1. The normalized spacial score (nSPS) is 18.3. The van der Waals surface area contributed by atoms with Crippen LogP contribution in [-0.2, 0) is 6.54 Å². The number of pyridine rings is 1. The molecule has 3 aromatic rings. The molecular weight excluding hydrogens is 306 g/mol. The minimum Gasteiger partial charge on any atom is -0.347 e. The molecule has 0 amide bonds. The Morgan fingerprint density at radius 2 is 2.04 bits per heavy atom. The summed E-state index contributed by atoms with van der Waals surface area (Å²) in [6.45, 7) is 2.95. The Morgan fingerprint density at radius 3 is 2.87 bits per heavy atom. The van der Waals surface area contributed by atoms with Crippen LogP contribution in [0.15, 0.2) is 48.5 Å². The average molecular weight is 325 g/mol. The third-order valence-electron chi connectivity index (χ3n) is 4.33. The number of rotatable bonds is 4. The second-order valence-electron chi connectivity index (χ2n) is 5.87. The van der Waals surface area contributed by atoms with Crippen molar-refractivity contribution >= 4 is 16.5 Å². The van der Waals surface area contributed by atoms with E-state index in [9.17, 15) is 0 Å². The predicted octanol–water partition coefficient (Wildman–Crippen LogP) is 3.17. The molecule has 4 rings (SSSR count). The fourth-order valence-corrected chi connectivity index (χ4v) is 3.91. The number of hydrogen-bond donors (Lipinski definition) is 0. The topological polar surface area (TPSA) is 46.8 Å². The quantitative estimate of drug-likeness (QED) is 0.739. The van der Waals surface area contributed by atoms with Crippen molar-refractivity contribution in [1.82, 2.24) is 19.5 Å². The van der Waals surface area contributed by atoms with Gasteiger partial charge in [0.15, 0.2) is 5.13 Å². The molecule has 1 fully saturated rings. The number of anilines is 1. The molecule has 0 radical (unpaired) electrons. The summed E-state index contributed by atoms with van der Waals surface area (Å²) in [7, 11) is 0. The van der Waals surface area contributed by atoms with Gasteiger partial charge in [-0.05, 0) is 30.5 Å². The third-order valence-corrected chi connectivity index (χ3v) is 5.16. The lowest BCUT2D eigenvalue weighted by molar-refractivity contribution is 0.476. The van der Waals surface area contributed by atoms with Crippen molar-refractivity contribution in [2.24, 2.45) is 0 Å². The Hall–Kier alpha value is -2.21. The van der Waals surface area contributed by atoms with E-state index in [1.165, 1.54) is 24.2 Å². The van der Waals surface area contributed by atoms with Gasteiger partial charge in [-0.3, -0.25) is 4.98 Å². The van der Waals surface area contributed by atoms with Gasteiger partial charge in [0, 0.05) is 61.9 Å². The first-order chi connectivity index (χ1) is 11.4. The molecule has 1 aliphatic heterocycles. The van der Waals surface area contributed by atoms with Gasteiger partial charge in [0.1, 0.15) is 5.82 Å². The van der Waals surface area contributed by atoms with Gasteiger partial charge in [0.25, 0.3) is 0 Å². The molecule has 5 nitrogen and oxygen atoms in total. The number of nitrogens with zero attached hydrogens (tertiary/aromatic N) is 5. The van der Waals surface area contributed by atoms with Crippen molar-refractivity contribution in [1.29, 1.82) is 0 Å². The maximum Gasteiger partial charge on any atom is 0.185 e. The molecule has 0 unspecified atom stereocenters. The average Bonchev–Trinajstić information content (AvgIpc) is 3.28. The fraction of sp³-hybridized carbons (Fsp3) is 0.353. The van der Waals surface area contributed by atoms with Crippen LogP contribution < -0.4 is 4.90 Å². The van der Waals surface area contributed by atoms with Gasteiger partial charge in [0.05, 0.1) is 0 Å². The first kappa shape index (κ1) is 14.4. The summed E-state index contributed by atoms with van der Waals surface area (Å²) >= 11 is 1.72. The molecule has 1 saturated heterocycles. The van der Waals surface area contributed by atoms with E-state index in [-0.39, 0.29) is 0 Å². The summed E-state index contributed by atoms with van der Waals surface area (Å²) in [5.41, 5.74) is 1.26. The Balaban J connectivity index is 1.53. The fourth-order valence-electron chi connectivity index (χ4n) is 3.23.